The van der Waals surface area contributed by atoms with Crippen LogP contribution in [0.15, 0.2) is 30.5 Å². The largest absolute Gasteiger partial charge is 0.497 e. The molecule has 0 bridgehead atoms. The first-order valence-corrected chi connectivity index (χ1v) is 8.40. The van der Waals surface area contributed by atoms with Gasteiger partial charge in [-0.25, -0.2) is 9.78 Å². The molecule has 0 saturated carbocycles. The van der Waals surface area contributed by atoms with Crippen molar-refractivity contribution >= 4 is 28.3 Å². The summed E-state index contributed by atoms with van der Waals surface area (Å²) in [6.45, 7) is 1.74. The van der Waals surface area contributed by atoms with E-state index < -0.39 is 5.97 Å². The molecule has 3 aromatic rings. The van der Waals surface area contributed by atoms with E-state index in [4.69, 9.17) is 4.74 Å². The molecule has 1 amide bonds. The maximum atomic E-state index is 12.6. The third-order valence-corrected chi connectivity index (χ3v) is 4.54. The van der Waals surface area contributed by atoms with Crippen LogP contribution < -0.4 is 10.1 Å². The fraction of sp³-hybridized carbons (Fsp3) is 0.176. The first-order chi connectivity index (χ1) is 12.5. The van der Waals surface area contributed by atoms with Gasteiger partial charge in [-0.1, -0.05) is 0 Å². The zero-order chi connectivity index (χ0) is 18.7. The second kappa shape index (κ2) is 7.36. The number of aryl methyl sites for hydroxylation is 1. The lowest BCUT2D eigenvalue weighted by atomic mass is 10.1. The molecule has 0 fully saturated rings. The maximum absolute atomic E-state index is 12.6. The summed E-state index contributed by atoms with van der Waals surface area (Å²) in [4.78, 5) is 29.0. The number of esters is 1. The summed E-state index contributed by atoms with van der Waals surface area (Å²) in [6, 6.07) is 7.24. The monoisotopic (exact) mass is 372 g/mol. The summed E-state index contributed by atoms with van der Waals surface area (Å²) in [5.74, 6) is -0.205. The van der Waals surface area contributed by atoms with Gasteiger partial charge in [-0.15, -0.1) is 11.3 Å². The highest BCUT2D eigenvalue weighted by molar-refractivity contribution is 7.16. The molecule has 1 aromatic carbocycles. The Balaban J connectivity index is 1.83. The lowest BCUT2D eigenvalue weighted by Crippen LogP contribution is -2.12. The molecule has 0 spiro atoms. The number of aromatic amines is 1. The van der Waals surface area contributed by atoms with Gasteiger partial charge < -0.3 is 9.47 Å². The van der Waals surface area contributed by atoms with Crippen LogP contribution in [0, 0.1) is 6.92 Å². The first-order valence-electron chi connectivity index (χ1n) is 7.58. The SMILES string of the molecule is COC(=O)c1nc(NC(=O)c2cn[nH]c2-c2ccc(OC)cc2)sc1C. The van der Waals surface area contributed by atoms with Crippen molar-refractivity contribution in [2.24, 2.45) is 0 Å². The second-order valence-corrected chi connectivity index (χ2v) is 6.46. The predicted octanol–water partition coefficient (Wildman–Crippen LogP) is 2.89. The fourth-order valence-corrected chi connectivity index (χ4v) is 3.13. The van der Waals surface area contributed by atoms with Crippen LogP contribution in [0.5, 0.6) is 5.75 Å². The summed E-state index contributed by atoms with van der Waals surface area (Å²) in [7, 11) is 2.87. The van der Waals surface area contributed by atoms with Gasteiger partial charge in [0.25, 0.3) is 5.91 Å². The number of carbonyl (C=O) groups excluding carboxylic acids is 2. The van der Waals surface area contributed by atoms with Crippen molar-refractivity contribution in [2.45, 2.75) is 6.92 Å². The van der Waals surface area contributed by atoms with Gasteiger partial charge in [0.1, 0.15) is 5.75 Å². The van der Waals surface area contributed by atoms with Gasteiger partial charge in [0.2, 0.25) is 0 Å². The van der Waals surface area contributed by atoms with Gasteiger partial charge in [-0.2, -0.15) is 5.10 Å². The van der Waals surface area contributed by atoms with E-state index in [1.807, 2.05) is 12.1 Å². The predicted molar refractivity (Wildman–Crippen MR) is 96.7 cm³/mol. The summed E-state index contributed by atoms with van der Waals surface area (Å²) in [6.07, 6.45) is 1.44. The highest BCUT2D eigenvalue weighted by Crippen LogP contribution is 2.26. The molecular weight excluding hydrogens is 356 g/mol. The Hall–Kier alpha value is -3.20. The lowest BCUT2D eigenvalue weighted by Gasteiger charge is -2.05. The number of hydrogen-bond donors (Lipinski definition) is 2. The van der Waals surface area contributed by atoms with Crippen LogP contribution in [0.1, 0.15) is 25.7 Å². The number of nitrogens with one attached hydrogen (secondary N) is 2. The molecule has 134 valence electrons. The molecule has 0 unspecified atom stereocenters. The average molecular weight is 372 g/mol. The topological polar surface area (TPSA) is 106 Å². The molecule has 8 nitrogen and oxygen atoms in total. The lowest BCUT2D eigenvalue weighted by molar-refractivity contribution is 0.0594. The molecule has 9 heteroatoms. The zero-order valence-corrected chi connectivity index (χ0v) is 15.1. The van der Waals surface area contributed by atoms with Crippen molar-refractivity contribution in [1.29, 1.82) is 0 Å². The number of methoxy groups -OCH3 is 2. The maximum Gasteiger partial charge on any atom is 0.357 e. The van der Waals surface area contributed by atoms with Crippen molar-refractivity contribution in [3.63, 3.8) is 0 Å². The molecule has 26 heavy (non-hydrogen) atoms. The summed E-state index contributed by atoms with van der Waals surface area (Å²) >= 11 is 1.20. The number of anilines is 1. The van der Waals surface area contributed by atoms with Gasteiger partial charge in [-0.05, 0) is 31.2 Å². The van der Waals surface area contributed by atoms with E-state index in [-0.39, 0.29) is 11.6 Å². The molecule has 0 aliphatic carbocycles. The molecule has 0 radical (unpaired) electrons. The van der Waals surface area contributed by atoms with E-state index in [9.17, 15) is 9.59 Å². The van der Waals surface area contributed by atoms with E-state index in [0.29, 0.717) is 27.0 Å². The summed E-state index contributed by atoms with van der Waals surface area (Å²) < 4.78 is 9.81. The Morgan fingerprint density at radius 2 is 1.92 bits per heavy atom. The summed E-state index contributed by atoms with van der Waals surface area (Å²) in [5, 5.41) is 9.80. The van der Waals surface area contributed by atoms with Gasteiger partial charge in [0.15, 0.2) is 10.8 Å². The van der Waals surface area contributed by atoms with Crippen LogP contribution in [-0.4, -0.2) is 41.3 Å². The molecule has 2 N–H and O–H groups in total. The molecule has 0 atom stereocenters. The summed E-state index contributed by atoms with van der Waals surface area (Å²) in [5.41, 5.74) is 1.92. The Kier molecular flexibility index (Phi) is 4.99. The van der Waals surface area contributed by atoms with E-state index in [0.717, 1.165) is 5.56 Å². The number of H-pyrrole nitrogens is 1. The quantitative estimate of drug-likeness (QED) is 0.667. The van der Waals surface area contributed by atoms with Crippen LogP contribution in [-0.2, 0) is 4.74 Å². The number of carbonyl (C=O) groups is 2. The highest BCUT2D eigenvalue weighted by atomic mass is 32.1. The number of ether oxygens (including phenoxy) is 2. The Bertz CT molecular complexity index is 946. The number of aromatic nitrogens is 3. The van der Waals surface area contributed by atoms with Crippen LogP contribution in [0.4, 0.5) is 5.13 Å². The molecule has 2 heterocycles. The molecular formula is C17H16N4O4S. The average Bonchev–Trinajstić information content (AvgIpc) is 3.28. The van der Waals surface area contributed by atoms with Crippen molar-refractivity contribution in [2.75, 3.05) is 19.5 Å². The first kappa shape index (κ1) is 17.6. The number of hydrogen-bond acceptors (Lipinski definition) is 7. The molecule has 0 aliphatic rings. The fourth-order valence-electron chi connectivity index (χ4n) is 2.34. The molecule has 3 rings (SSSR count). The zero-order valence-electron chi connectivity index (χ0n) is 14.3. The Morgan fingerprint density at radius 1 is 1.19 bits per heavy atom. The normalized spacial score (nSPS) is 10.4. The van der Waals surface area contributed by atoms with Crippen LogP contribution in [0.2, 0.25) is 0 Å². The van der Waals surface area contributed by atoms with E-state index in [1.54, 1.807) is 26.2 Å². The third-order valence-electron chi connectivity index (χ3n) is 3.66. The van der Waals surface area contributed by atoms with Gasteiger partial charge >= 0.3 is 5.97 Å². The Morgan fingerprint density at radius 3 is 2.58 bits per heavy atom. The number of thiazole rings is 1. The standard InChI is InChI=1S/C17H16N4O4S/c1-9-13(16(23)25-3)19-17(26-9)20-15(22)12-8-18-21-14(12)10-4-6-11(24-2)7-5-10/h4-8H,1-3H3,(H,18,21)(H,19,20,22). The van der Waals surface area contributed by atoms with E-state index in [1.165, 1.54) is 24.6 Å². The third kappa shape index (κ3) is 3.42. The van der Waals surface area contributed by atoms with E-state index >= 15 is 0 Å². The second-order valence-electron chi connectivity index (χ2n) is 5.26. The van der Waals surface area contributed by atoms with Gasteiger partial charge in [-0.3, -0.25) is 15.2 Å². The molecule has 0 saturated heterocycles. The number of benzene rings is 1. The number of rotatable bonds is 5. The van der Waals surface area contributed by atoms with Crippen molar-refractivity contribution in [1.82, 2.24) is 15.2 Å². The smallest absolute Gasteiger partial charge is 0.357 e. The van der Waals surface area contributed by atoms with Crippen LogP contribution >= 0.6 is 11.3 Å². The number of nitrogens with zero attached hydrogens (tertiary/aromatic N) is 2. The Labute approximate surface area is 153 Å². The van der Waals surface area contributed by atoms with Gasteiger partial charge in [0, 0.05) is 10.4 Å². The van der Waals surface area contributed by atoms with Crippen molar-refractivity contribution < 1.29 is 19.1 Å². The van der Waals surface area contributed by atoms with Crippen LogP contribution in [0.3, 0.4) is 0 Å². The number of amides is 1. The minimum absolute atomic E-state index is 0.190. The van der Waals surface area contributed by atoms with Crippen molar-refractivity contribution in [3.05, 3.63) is 46.6 Å². The van der Waals surface area contributed by atoms with Crippen molar-refractivity contribution in [3.8, 4) is 17.0 Å². The van der Waals surface area contributed by atoms with E-state index in [2.05, 4.69) is 25.2 Å². The highest BCUT2D eigenvalue weighted by Gasteiger charge is 2.20. The molecule has 2 aromatic heterocycles. The van der Waals surface area contributed by atoms with Gasteiger partial charge in [0.05, 0.1) is 31.7 Å². The minimum atomic E-state index is -0.540. The molecule has 0 aliphatic heterocycles. The minimum Gasteiger partial charge on any atom is -0.497 e. The van der Waals surface area contributed by atoms with Crippen LogP contribution in [0.25, 0.3) is 11.3 Å².